The van der Waals surface area contributed by atoms with Crippen LogP contribution in [-0.4, -0.2) is 53.5 Å². The monoisotopic (exact) mass is 339 g/mol. The lowest BCUT2D eigenvalue weighted by molar-refractivity contribution is 0.0746. The molecule has 132 valence electrons. The van der Waals surface area contributed by atoms with Crippen LogP contribution in [0.5, 0.6) is 0 Å². The maximum Gasteiger partial charge on any atom is 0.254 e. The third-order valence-electron chi connectivity index (χ3n) is 4.44. The van der Waals surface area contributed by atoms with E-state index in [1.54, 1.807) is 0 Å². The van der Waals surface area contributed by atoms with Crippen LogP contribution < -0.4 is 10.2 Å². The lowest BCUT2D eigenvalue weighted by Gasteiger charge is -2.35. The van der Waals surface area contributed by atoms with Crippen LogP contribution in [0.2, 0.25) is 0 Å². The predicted octanol–water partition coefficient (Wildman–Crippen LogP) is 2.49. The lowest BCUT2D eigenvalue weighted by atomic mass is 10.1. The van der Waals surface area contributed by atoms with Crippen molar-refractivity contribution in [1.82, 2.24) is 14.9 Å². The number of amides is 1. The zero-order valence-electron chi connectivity index (χ0n) is 15.1. The minimum absolute atomic E-state index is 0.116. The Morgan fingerprint density at radius 3 is 2.52 bits per heavy atom. The van der Waals surface area contributed by atoms with Crippen molar-refractivity contribution in [2.75, 3.05) is 42.9 Å². The lowest BCUT2D eigenvalue weighted by Crippen LogP contribution is -2.49. The zero-order chi connectivity index (χ0) is 17.8. The number of nitrogens with zero attached hydrogens (tertiary/aromatic N) is 4. The van der Waals surface area contributed by atoms with E-state index in [0.29, 0.717) is 19.0 Å². The SMILES string of the molecule is CCNc1nc(C)cc(N2CCN(C(=O)c3ccccc3C)CC2)n1. The molecule has 1 N–H and O–H groups in total. The standard InChI is InChI=1S/C19H25N5O/c1-4-20-19-21-15(3)13-17(22-19)23-9-11-24(12-10-23)18(25)16-8-6-5-7-14(16)2/h5-8,13H,4,9-12H2,1-3H3,(H,20,21,22). The number of carbonyl (C=O) groups is 1. The van der Waals surface area contributed by atoms with Gasteiger partial charge in [-0.2, -0.15) is 4.98 Å². The van der Waals surface area contributed by atoms with Crippen molar-refractivity contribution in [2.45, 2.75) is 20.8 Å². The van der Waals surface area contributed by atoms with E-state index in [9.17, 15) is 4.79 Å². The summed E-state index contributed by atoms with van der Waals surface area (Å²) in [5.74, 6) is 1.70. The van der Waals surface area contributed by atoms with Crippen molar-refractivity contribution >= 4 is 17.7 Å². The van der Waals surface area contributed by atoms with E-state index < -0.39 is 0 Å². The number of hydrogen-bond donors (Lipinski definition) is 1. The summed E-state index contributed by atoms with van der Waals surface area (Å²) in [6.07, 6.45) is 0. The Morgan fingerprint density at radius 1 is 1.12 bits per heavy atom. The Hall–Kier alpha value is -2.63. The molecule has 0 bridgehead atoms. The minimum Gasteiger partial charge on any atom is -0.354 e. The molecule has 3 rings (SSSR count). The van der Waals surface area contributed by atoms with Crippen LogP contribution in [0.15, 0.2) is 30.3 Å². The number of hydrogen-bond acceptors (Lipinski definition) is 5. The summed E-state index contributed by atoms with van der Waals surface area (Å²) in [6, 6.07) is 9.77. The fourth-order valence-corrected chi connectivity index (χ4v) is 3.07. The Kier molecular flexibility index (Phi) is 5.16. The Labute approximate surface area is 148 Å². The Bertz CT molecular complexity index is 753. The molecule has 6 heteroatoms. The maximum absolute atomic E-state index is 12.7. The highest BCUT2D eigenvalue weighted by atomic mass is 16.2. The minimum atomic E-state index is 0.116. The van der Waals surface area contributed by atoms with E-state index in [2.05, 4.69) is 20.2 Å². The first-order valence-electron chi connectivity index (χ1n) is 8.78. The highest BCUT2D eigenvalue weighted by molar-refractivity contribution is 5.95. The number of rotatable bonds is 4. The van der Waals surface area contributed by atoms with Gasteiger partial charge in [-0.3, -0.25) is 4.79 Å². The Morgan fingerprint density at radius 2 is 1.84 bits per heavy atom. The zero-order valence-corrected chi connectivity index (χ0v) is 15.1. The molecule has 0 saturated carbocycles. The molecule has 1 aliphatic rings. The molecule has 0 spiro atoms. The van der Waals surface area contributed by atoms with Gasteiger partial charge >= 0.3 is 0 Å². The average molecular weight is 339 g/mol. The summed E-state index contributed by atoms with van der Waals surface area (Å²) in [5, 5.41) is 3.17. The fraction of sp³-hybridized carbons (Fsp3) is 0.421. The molecule has 2 aromatic rings. The quantitative estimate of drug-likeness (QED) is 0.927. The number of nitrogens with one attached hydrogen (secondary N) is 1. The van der Waals surface area contributed by atoms with E-state index in [0.717, 1.165) is 42.3 Å². The second-order valence-corrected chi connectivity index (χ2v) is 6.32. The van der Waals surface area contributed by atoms with E-state index in [1.165, 1.54) is 0 Å². The van der Waals surface area contributed by atoms with Crippen molar-refractivity contribution in [3.05, 3.63) is 47.2 Å². The summed E-state index contributed by atoms with van der Waals surface area (Å²) in [4.78, 5) is 25.9. The van der Waals surface area contributed by atoms with Gasteiger partial charge in [0.05, 0.1) is 0 Å². The van der Waals surface area contributed by atoms with Crippen LogP contribution >= 0.6 is 0 Å². The fourth-order valence-electron chi connectivity index (χ4n) is 3.07. The van der Waals surface area contributed by atoms with Crippen molar-refractivity contribution in [1.29, 1.82) is 0 Å². The molecular formula is C19H25N5O. The van der Waals surface area contributed by atoms with Crippen molar-refractivity contribution in [2.24, 2.45) is 0 Å². The van der Waals surface area contributed by atoms with Crippen molar-refractivity contribution in [3.63, 3.8) is 0 Å². The van der Waals surface area contributed by atoms with Gasteiger partial charge in [-0.1, -0.05) is 18.2 Å². The Balaban J connectivity index is 1.68. The van der Waals surface area contributed by atoms with E-state index >= 15 is 0 Å². The molecule has 0 aliphatic carbocycles. The van der Waals surface area contributed by atoms with Crippen molar-refractivity contribution < 1.29 is 4.79 Å². The van der Waals surface area contributed by atoms with Gasteiger partial charge < -0.3 is 15.1 Å². The van der Waals surface area contributed by atoms with Gasteiger partial charge in [-0.25, -0.2) is 4.98 Å². The van der Waals surface area contributed by atoms with Crippen LogP contribution in [0.4, 0.5) is 11.8 Å². The number of benzene rings is 1. The first-order chi connectivity index (χ1) is 12.1. The molecule has 1 aromatic carbocycles. The van der Waals surface area contributed by atoms with Crippen LogP contribution in [-0.2, 0) is 0 Å². The molecule has 1 saturated heterocycles. The molecule has 0 unspecified atom stereocenters. The first-order valence-corrected chi connectivity index (χ1v) is 8.78. The van der Waals surface area contributed by atoms with E-state index in [4.69, 9.17) is 0 Å². The molecule has 1 aliphatic heterocycles. The van der Waals surface area contributed by atoms with Gasteiger partial charge in [-0.05, 0) is 32.4 Å². The molecule has 0 atom stereocenters. The summed E-state index contributed by atoms with van der Waals surface area (Å²) < 4.78 is 0. The van der Waals surface area contributed by atoms with Crippen LogP contribution in [0.25, 0.3) is 0 Å². The van der Waals surface area contributed by atoms with Crippen molar-refractivity contribution in [3.8, 4) is 0 Å². The second kappa shape index (κ2) is 7.51. The van der Waals surface area contributed by atoms with E-state index in [-0.39, 0.29) is 5.91 Å². The van der Waals surface area contributed by atoms with Crippen LogP contribution in [0.1, 0.15) is 28.5 Å². The first kappa shape index (κ1) is 17.2. The van der Waals surface area contributed by atoms with Gasteiger partial charge in [0, 0.05) is 50.0 Å². The van der Waals surface area contributed by atoms with Gasteiger partial charge in [0.1, 0.15) is 5.82 Å². The normalized spacial score (nSPS) is 14.5. The van der Waals surface area contributed by atoms with E-state index in [1.807, 2.05) is 56.0 Å². The topological polar surface area (TPSA) is 61.4 Å². The number of piperazine rings is 1. The smallest absolute Gasteiger partial charge is 0.254 e. The largest absolute Gasteiger partial charge is 0.354 e. The average Bonchev–Trinajstić information content (AvgIpc) is 2.61. The number of anilines is 2. The molecule has 1 aromatic heterocycles. The molecule has 1 amide bonds. The van der Waals surface area contributed by atoms with Gasteiger partial charge in [0.15, 0.2) is 0 Å². The summed E-state index contributed by atoms with van der Waals surface area (Å²) in [6.45, 7) is 9.74. The molecule has 1 fully saturated rings. The highest BCUT2D eigenvalue weighted by Gasteiger charge is 2.24. The molecule has 2 heterocycles. The third kappa shape index (κ3) is 3.90. The van der Waals surface area contributed by atoms with Crippen LogP contribution in [0.3, 0.4) is 0 Å². The molecule has 25 heavy (non-hydrogen) atoms. The number of carbonyl (C=O) groups excluding carboxylic acids is 1. The predicted molar refractivity (Wildman–Crippen MR) is 100 cm³/mol. The van der Waals surface area contributed by atoms with Crippen LogP contribution in [0, 0.1) is 13.8 Å². The third-order valence-corrected chi connectivity index (χ3v) is 4.44. The maximum atomic E-state index is 12.7. The molecular weight excluding hydrogens is 314 g/mol. The number of aromatic nitrogens is 2. The van der Waals surface area contributed by atoms with Gasteiger partial charge in [-0.15, -0.1) is 0 Å². The summed E-state index contributed by atoms with van der Waals surface area (Å²) in [5.41, 5.74) is 2.76. The summed E-state index contributed by atoms with van der Waals surface area (Å²) >= 11 is 0. The molecule has 0 radical (unpaired) electrons. The number of aryl methyl sites for hydroxylation is 2. The summed E-state index contributed by atoms with van der Waals surface area (Å²) in [7, 11) is 0. The highest BCUT2D eigenvalue weighted by Crippen LogP contribution is 2.18. The molecule has 6 nitrogen and oxygen atoms in total. The second-order valence-electron chi connectivity index (χ2n) is 6.32. The van der Waals surface area contributed by atoms with Gasteiger partial charge in [0.25, 0.3) is 5.91 Å². The van der Waals surface area contributed by atoms with Gasteiger partial charge in [0.2, 0.25) is 5.95 Å².